The van der Waals surface area contributed by atoms with Gasteiger partial charge in [0.25, 0.3) is 0 Å². The van der Waals surface area contributed by atoms with E-state index >= 15 is 0 Å². The quantitative estimate of drug-likeness (QED) is 0.177. The van der Waals surface area contributed by atoms with Crippen LogP contribution in [0.5, 0.6) is 0 Å². The van der Waals surface area contributed by atoms with Crippen LogP contribution in [0.3, 0.4) is 0 Å². The number of hydrogen-bond acceptors (Lipinski definition) is 1. The summed E-state index contributed by atoms with van der Waals surface area (Å²) in [6.45, 7) is 9.50. The molecule has 52 heavy (non-hydrogen) atoms. The van der Waals surface area contributed by atoms with Crippen LogP contribution in [0.1, 0.15) is 49.9 Å². The third kappa shape index (κ3) is 4.37. The lowest BCUT2D eigenvalue weighted by Gasteiger charge is -2.29. The highest BCUT2D eigenvalue weighted by atomic mass is 15.1. The van der Waals surface area contributed by atoms with Crippen molar-refractivity contribution in [1.29, 1.82) is 0 Å². The van der Waals surface area contributed by atoms with E-state index in [1.54, 1.807) is 0 Å². The van der Waals surface area contributed by atoms with E-state index in [0.717, 1.165) is 17.1 Å². The predicted molar refractivity (Wildman–Crippen MR) is 219 cm³/mol. The third-order valence-corrected chi connectivity index (χ3v) is 11.8. The van der Waals surface area contributed by atoms with Crippen molar-refractivity contribution in [3.8, 4) is 39.2 Å². The summed E-state index contributed by atoms with van der Waals surface area (Å²) in [6, 6.07) is 62.6. The summed E-state index contributed by atoms with van der Waals surface area (Å²) >= 11 is 0. The van der Waals surface area contributed by atoms with Crippen LogP contribution < -0.4 is 4.90 Å². The van der Waals surface area contributed by atoms with Crippen molar-refractivity contribution in [2.75, 3.05) is 4.90 Å². The largest absolute Gasteiger partial charge is 0.310 e. The monoisotopic (exact) mass is 668 g/mol. The van der Waals surface area contributed by atoms with Crippen LogP contribution in [-0.2, 0) is 10.8 Å². The van der Waals surface area contributed by atoms with Gasteiger partial charge in [-0.05, 0) is 99.1 Å². The summed E-state index contributed by atoms with van der Waals surface area (Å²) in [7, 11) is 0. The van der Waals surface area contributed by atoms with Gasteiger partial charge in [-0.1, -0.05) is 143 Å². The number of hydrogen-bond donors (Lipinski definition) is 0. The molecule has 0 atom stereocenters. The van der Waals surface area contributed by atoms with Crippen LogP contribution in [0, 0.1) is 0 Å². The normalized spacial score (nSPS) is 14.5. The van der Waals surface area contributed by atoms with E-state index in [1.165, 1.54) is 72.4 Å². The minimum atomic E-state index is -0.158. The lowest BCUT2D eigenvalue weighted by atomic mass is 9.81. The molecular formula is C50H40N2. The number of nitrogens with zero attached hydrogens (tertiary/aromatic N) is 2. The molecule has 0 bridgehead atoms. The fraction of sp³-hybridized carbons (Fsp3) is 0.120. The molecule has 2 nitrogen and oxygen atoms in total. The highest BCUT2D eigenvalue weighted by Gasteiger charge is 2.41. The van der Waals surface area contributed by atoms with Gasteiger partial charge in [0.1, 0.15) is 0 Å². The van der Waals surface area contributed by atoms with Gasteiger partial charge < -0.3 is 9.47 Å². The molecule has 0 aliphatic heterocycles. The molecule has 0 saturated heterocycles. The summed E-state index contributed by atoms with van der Waals surface area (Å²) in [6.07, 6.45) is 0. The zero-order chi connectivity index (χ0) is 35.2. The maximum absolute atomic E-state index is 2.48. The molecule has 0 unspecified atom stereocenters. The molecule has 0 radical (unpaired) electrons. The first-order chi connectivity index (χ1) is 25.3. The summed E-state index contributed by atoms with van der Waals surface area (Å²) in [5.41, 5.74) is 18.8. The standard InChI is InChI=1S/C50H40N2/c1-49(2)43-21-13-11-19-39(43)40-29-27-38(32-45(40)49)51(36-25-23-34(24-26-36)33-15-7-5-8-16-33)37-28-30-44-42(31-37)48-47(50(44,3)4)41-20-12-14-22-46(41)52(48)35-17-9-6-10-18-35/h5-32H,1-4H3. The molecule has 2 aliphatic carbocycles. The van der Waals surface area contributed by atoms with Crippen molar-refractivity contribution < 1.29 is 0 Å². The topological polar surface area (TPSA) is 8.17 Å². The molecule has 0 N–H and O–H groups in total. The zero-order valence-corrected chi connectivity index (χ0v) is 30.1. The maximum Gasteiger partial charge on any atom is 0.0585 e. The van der Waals surface area contributed by atoms with Gasteiger partial charge in [0.15, 0.2) is 0 Å². The average molecular weight is 669 g/mol. The van der Waals surface area contributed by atoms with Gasteiger partial charge in [-0.15, -0.1) is 0 Å². The van der Waals surface area contributed by atoms with Crippen molar-refractivity contribution in [2.45, 2.75) is 38.5 Å². The molecular weight excluding hydrogens is 629 g/mol. The number of anilines is 3. The summed E-state index contributed by atoms with van der Waals surface area (Å²) < 4.78 is 2.48. The van der Waals surface area contributed by atoms with Crippen LogP contribution in [0.2, 0.25) is 0 Å². The van der Waals surface area contributed by atoms with Crippen molar-refractivity contribution in [1.82, 2.24) is 4.57 Å². The molecule has 250 valence electrons. The van der Waals surface area contributed by atoms with Gasteiger partial charge in [0.2, 0.25) is 0 Å². The third-order valence-electron chi connectivity index (χ3n) is 11.8. The smallest absolute Gasteiger partial charge is 0.0585 e. The minimum Gasteiger partial charge on any atom is -0.310 e. The Bertz CT molecular complexity index is 2660. The first kappa shape index (κ1) is 30.7. The number of benzene rings is 7. The molecule has 1 heterocycles. The Morgan fingerprint density at radius 1 is 0.423 bits per heavy atom. The lowest BCUT2D eigenvalue weighted by Crippen LogP contribution is -2.17. The van der Waals surface area contributed by atoms with E-state index in [9.17, 15) is 0 Å². The second-order valence-corrected chi connectivity index (χ2v) is 15.4. The minimum absolute atomic E-state index is 0.0990. The first-order valence-corrected chi connectivity index (χ1v) is 18.4. The van der Waals surface area contributed by atoms with Crippen molar-refractivity contribution in [3.63, 3.8) is 0 Å². The number of rotatable bonds is 5. The second-order valence-electron chi connectivity index (χ2n) is 15.4. The van der Waals surface area contributed by atoms with Crippen LogP contribution >= 0.6 is 0 Å². The van der Waals surface area contributed by atoms with Crippen molar-refractivity contribution >= 4 is 28.0 Å². The summed E-state index contributed by atoms with van der Waals surface area (Å²) in [5, 5.41) is 1.32. The molecule has 0 saturated carbocycles. The Morgan fingerprint density at radius 3 is 1.79 bits per heavy atom. The maximum atomic E-state index is 2.48. The molecule has 10 rings (SSSR count). The van der Waals surface area contributed by atoms with E-state index in [0.29, 0.717) is 0 Å². The fourth-order valence-corrected chi connectivity index (χ4v) is 9.23. The van der Waals surface area contributed by atoms with E-state index < -0.39 is 0 Å². The molecule has 8 aromatic rings. The molecule has 2 heteroatoms. The zero-order valence-electron chi connectivity index (χ0n) is 30.1. The Labute approximate surface area is 306 Å². The van der Waals surface area contributed by atoms with Crippen LogP contribution in [-0.4, -0.2) is 4.57 Å². The van der Waals surface area contributed by atoms with E-state index in [4.69, 9.17) is 0 Å². The Kier molecular flexibility index (Phi) is 6.60. The average Bonchev–Trinajstić information content (AvgIpc) is 3.74. The Morgan fingerprint density at radius 2 is 1.00 bits per heavy atom. The van der Waals surface area contributed by atoms with Crippen LogP contribution in [0.25, 0.3) is 50.1 Å². The van der Waals surface area contributed by atoms with Gasteiger partial charge in [-0.25, -0.2) is 0 Å². The van der Waals surface area contributed by atoms with Crippen LogP contribution in [0.4, 0.5) is 17.1 Å². The Balaban J connectivity index is 1.19. The lowest BCUT2D eigenvalue weighted by molar-refractivity contribution is 0.660. The SMILES string of the molecule is CC1(C)c2ccccc2-c2ccc(N(c3ccc(-c4ccccc4)cc3)c3ccc4c(c3)-c3c(c5ccccc5n3-c3ccccc3)C4(C)C)cc21. The van der Waals surface area contributed by atoms with Crippen molar-refractivity contribution in [3.05, 3.63) is 192 Å². The van der Waals surface area contributed by atoms with Gasteiger partial charge in [0.05, 0.1) is 11.2 Å². The molecule has 2 aliphatic rings. The van der Waals surface area contributed by atoms with Crippen molar-refractivity contribution in [2.24, 2.45) is 0 Å². The van der Waals surface area contributed by atoms with E-state index in [2.05, 4.69) is 207 Å². The number of aromatic nitrogens is 1. The predicted octanol–water partition coefficient (Wildman–Crippen LogP) is 13.4. The Hall–Kier alpha value is -6.12. The van der Waals surface area contributed by atoms with Gasteiger partial charge in [-0.3, -0.25) is 0 Å². The number of fused-ring (bicyclic) bond motifs is 8. The van der Waals surface area contributed by atoms with Gasteiger partial charge >= 0.3 is 0 Å². The first-order valence-electron chi connectivity index (χ1n) is 18.4. The molecule has 0 fully saturated rings. The second kappa shape index (κ2) is 11.2. The summed E-state index contributed by atoms with van der Waals surface area (Å²) in [4.78, 5) is 2.45. The highest BCUT2D eigenvalue weighted by Crippen LogP contribution is 2.56. The molecule has 0 spiro atoms. The highest BCUT2D eigenvalue weighted by molar-refractivity contribution is 6.00. The molecule has 1 aromatic heterocycles. The van der Waals surface area contributed by atoms with Crippen LogP contribution in [0.15, 0.2) is 170 Å². The van der Waals surface area contributed by atoms with E-state index in [1.807, 2.05) is 0 Å². The van der Waals surface area contributed by atoms with E-state index in [-0.39, 0.29) is 10.8 Å². The summed E-state index contributed by atoms with van der Waals surface area (Å²) in [5.74, 6) is 0. The van der Waals surface area contributed by atoms with Gasteiger partial charge in [0, 0.05) is 44.5 Å². The fourth-order valence-electron chi connectivity index (χ4n) is 9.23. The number of para-hydroxylation sites is 2. The molecule has 7 aromatic carbocycles. The molecule has 0 amide bonds. The van der Waals surface area contributed by atoms with Gasteiger partial charge in [-0.2, -0.15) is 0 Å².